The number of amides is 2. The summed E-state index contributed by atoms with van der Waals surface area (Å²) in [5, 5.41) is 2.69. The number of carbonyl (C=O) groups is 2. The molecule has 0 saturated heterocycles. The van der Waals surface area contributed by atoms with Crippen LogP contribution in [0.15, 0.2) is 24.3 Å². The Labute approximate surface area is 137 Å². The highest BCUT2D eigenvalue weighted by molar-refractivity contribution is 6.04. The topological polar surface area (TPSA) is 84.7 Å². The van der Waals surface area contributed by atoms with E-state index in [9.17, 15) is 9.59 Å². The van der Waals surface area contributed by atoms with Crippen LogP contribution < -0.4 is 11.1 Å². The number of nitrogens with zero attached hydrogens (tertiary/aromatic N) is 1. The Hall–Kier alpha value is -1.63. The highest BCUT2D eigenvalue weighted by Gasteiger charge is 2.19. The van der Waals surface area contributed by atoms with Crippen molar-refractivity contribution in [2.24, 2.45) is 5.73 Å². The van der Waals surface area contributed by atoms with Gasteiger partial charge >= 0.3 is 0 Å². The van der Waals surface area contributed by atoms with E-state index in [0.717, 1.165) is 0 Å². The third kappa shape index (κ3) is 5.29. The van der Waals surface area contributed by atoms with Crippen molar-refractivity contribution in [3.8, 4) is 0 Å². The molecule has 22 heavy (non-hydrogen) atoms. The average molecular weight is 330 g/mol. The number of nitrogens with two attached hydrogens (primary N) is 1. The molecule has 6 nitrogen and oxygen atoms in total. The Kier molecular flexibility index (Phi) is 9.40. The molecule has 2 amide bonds. The van der Waals surface area contributed by atoms with Gasteiger partial charge in [0, 0.05) is 20.2 Å². The maximum Gasteiger partial charge on any atom is 0.255 e. The summed E-state index contributed by atoms with van der Waals surface area (Å²) >= 11 is 0. The van der Waals surface area contributed by atoms with Gasteiger partial charge in [0.25, 0.3) is 5.91 Å². The van der Waals surface area contributed by atoms with E-state index in [1.807, 2.05) is 13.8 Å². The largest absolute Gasteiger partial charge is 0.383 e. The van der Waals surface area contributed by atoms with Crippen LogP contribution in [0.4, 0.5) is 5.69 Å². The molecule has 0 spiro atoms. The molecule has 1 aromatic carbocycles. The van der Waals surface area contributed by atoms with E-state index in [4.69, 9.17) is 10.5 Å². The van der Waals surface area contributed by atoms with Crippen LogP contribution in [0.1, 0.15) is 24.2 Å². The summed E-state index contributed by atoms with van der Waals surface area (Å²) in [5.41, 5.74) is 6.60. The van der Waals surface area contributed by atoms with Gasteiger partial charge in [-0.25, -0.2) is 0 Å². The fourth-order valence-electron chi connectivity index (χ4n) is 1.94. The molecule has 0 bridgehead atoms. The fraction of sp³-hybridized carbons (Fsp3) is 0.467. The Bertz CT molecular complexity index is 493. The van der Waals surface area contributed by atoms with Gasteiger partial charge in [-0.2, -0.15) is 0 Å². The zero-order valence-electron chi connectivity index (χ0n) is 13.2. The molecule has 0 radical (unpaired) electrons. The summed E-state index contributed by atoms with van der Waals surface area (Å²) in [7, 11) is 1.48. The summed E-state index contributed by atoms with van der Waals surface area (Å²) in [6.07, 6.45) is 0. The number of rotatable bonds is 7. The van der Waals surface area contributed by atoms with Gasteiger partial charge in [-0.3, -0.25) is 9.59 Å². The standard InChI is InChI=1S/C15H23N3O3.ClH/c1-4-18(5-2)15(20)11-8-6-7-9-13(11)17-14(19)12(16)10-21-3;/h6-9,12H,4-5,10,16H2,1-3H3,(H,17,19);1H. The van der Waals surface area contributed by atoms with Crippen LogP contribution in [0.2, 0.25) is 0 Å². The van der Waals surface area contributed by atoms with Gasteiger partial charge in [0.2, 0.25) is 5.91 Å². The molecular weight excluding hydrogens is 306 g/mol. The quantitative estimate of drug-likeness (QED) is 0.794. The minimum absolute atomic E-state index is 0. The Balaban J connectivity index is 0.00000441. The van der Waals surface area contributed by atoms with Crippen molar-refractivity contribution in [1.82, 2.24) is 4.90 Å². The van der Waals surface area contributed by atoms with Gasteiger partial charge in [0.1, 0.15) is 6.04 Å². The van der Waals surface area contributed by atoms with Crippen molar-refractivity contribution in [1.29, 1.82) is 0 Å². The number of nitrogens with one attached hydrogen (secondary N) is 1. The van der Waals surface area contributed by atoms with Crippen molar-refractivity contribution >= 4 is 29.9 Å². The van der Waals surface area contributed by atoms with Crippen LogP contribution in [-0.4, -0.2) is 49.6 Å². The van der Waals surface area contributed by atoms with Gasteiger partial charge in [-0.15, -0.1) is 12.4 Å². The molecule has 0 aliphatic heterocycles. The normalized spacial score (nSPS) is 11.3. The first-order chi connectivity index (χ1) is 10.0. The van der Waals surface area contributed by atoms with E-state index in [1.165, 1.54) is 7.11 Å². The van der Waals surface area contributed by atoms with Crippen LogP contribution in [0, 0.1) is 0 Å². The molecule has 1 unspecified atom stereocenters. The molecule has 0 aromatic heterocycles. The van der Waals surface area contributed by atoms with Crippen LogP contribution in [0.25, 0.3) is 0 Å². The zero-order chi connectivity index (χ0) is 15.8. The number of hydrogen-bond acceptors (Lipinski definition) is 4. The molecule has 7 heteroatoms. The average Bonchev–Trinajstić information content (AvgIpc) is 2.49. The van der Waals surface area contributed by atoms with Gasteiger partial charge in [-0.05, 0) is 26.0 Å². The highest BCUT2D eigenvalue weighted by atomic mass is 35.5. The number of carbonyl (C=O) groups excluding carboxylic acids is 2. The molecular formula is C15H24ClN3O3. The lowest BCUT2D eigenvalue weighted by Crippen LogP contribution is -2.39. The number of methoxy groups -OCH3 is 1. The van der Waals surface area contributed by atoms with Crippen LogP contribution in [0.3, 0.4) is 0 Å². The minimum Gasteiger partial charge on any atom is -0.383 e. The Morgan fingerprint density at radius 1 is 1.27 bits per heavy atom. The summed E-state index contributed by atoms with van der Waals surface area (Å²) in [5.74, 6) is -0.493. The molecule has 0 aliphatic carbocycles. The summed E-state index contributed by atoms with van der Waals surface area (Å²) in [6, 6.07) is 6.14. The fourth-order valence-corrected chi connectivity index (χ4v) is 1.94. The van der Waals surface area contributed by atoms with Gasteiger partial charge in [-0.1, -0.05) is 12.1 Å². The maximum atomic E-state index is 12.4. The van der Waals surface area contributed by atoms with Crippen LogP contribution >= 0.6 is 12.4 Å². The number of hydrogen-bond donors (Lipinski definition) is 2. The zero-order valence-corrected chi connectivity index (χ0v) is 14.0. The first-order valence-electron chi connectivity index (χ1n) is 6.98. The lowest BCUT2D eigenvalue weighted by molar-refractivity contribution is -0.118. The van der Waals surface area contributed by atoms with Gasteiger partial charge in [0.05, 0.1) is 17.9 Å². The molecule has 1 atom stereocenters. The van der Waals surface area contributed by atoms with E-state index in [-0.39, 0.29) is 30.8 Å². The lowest BCUT2D eigenvalue weighted by Gasteiger charge is -2.21. The molecule has 124 valence electrons. The van der Waals surface area contributed by atoms with Crippen molar-refractivity contribution in [2.75, 3.05) is 32.1 Å². The number of halogens is 1. The van der Waals surface area contributed by atoms with Crippen LogP contribution in [0.5, 0.6) is 0 Å². The van der Waals surface area contributed by atoms with E-state index in [0.29, 0.717) is 24.3 Å². The first-order valence-corrected chi connectivity index (χ1v) is 6.98. The SMILES string of the molecule is CCN(CC)C(=O)c1ccccc1NC(=O)C(N)COC.Cl. The van der Waals surface area contributed by atoms with Crippen molar-refractivity contribution in [3.05, 3.63) is 29.8 Å². The predicted octanol–water partition coefficient (Wildman–Crippen LogP) is 1.50. The van der Waals surface area contributed by atoms with E-state index in [1.54, 1.807) is 29.2 Å². The van der Waals surface area contributed by atoms with Crippen molar-refractivity contribution < 1.29 is 14.3 Å². The lowest BCUT2D eigenvalue weighted by atomic mass is 10.1. The van der Waals surface area contributed by atoms with Gasteiger partial charge < -0.3 is 20.7 Å². The second-order valence-corrected chi connectivity index (χ2v) is 4.57. The second kappa shape index (κ2) is 10.2. The maximum absolute atomic E-state index is 12.4. The number of benzene rings is 1. The number of anilines is 1. The van der Waals surface area contributed by atoms with E-state index >= 15 is 0 Å². The van der Waals surface area contributed by atoms with E-state index < -0.39 is 6.04 Å². The smallest absolute Gasteiger partial charge is 0.255 e. The summed E-state index contributed by atoms with van der Waals surface area (Å²) in [6.45, 7) is 5.17. The van der Waals surface area contributed by atoms with E-state index in [2.05, 4.69) is 5.32 Å². The minimum atomic E-state index is -0.772. The number of ether oxygens (including phenoxy) is 1. The third-order valence-electron chi connectivity index (χ3n) is 3.15. The Morgan fingerprint density at radius 3 is 2.41 bits per heavy atom. The first kappa shape index (κ1) is 20.4. The van der Waals surface area contributed by atoms with Crippen molar-refractivity contribution in [3.63, 3.8) is 0 Å². The van der Waals surface area contributed by atoms with Crippen LogP contribution in [-0.2, 0) is 9.53 Å². The summed E-state index contributed by atoms with van der Waals surface area (Å²) in [4.78, 5) is 26.1. The molecule has 0 fully saturated rings. The highest BCUT2D eigenvalue weighted by Crippen LogP contribution is 2.17. The monoisotopic (exact) mass is 329 g/mol. The molecule has 3 N–H and O–H groups in total. The third-order valence-corrected chi connectivity index (χ3v) is 3.15. The molecule has 0 saturated carbocycles. The molecule has 1 rings (SSSR count). The van der Waals surface area contributed by atoms with Gasteiger partial charge in [0.15, 0.2) is 0 Å². The Morgan fingerprint density at radius 2 is 1.86 bits per heavy atom. The molecule has 0 heterocycles. The summed E-state index contributed by atoms with van der Waals surface area (Å²) < 4.78 is 4.85. The van der Waals surface area contributed by atoms with Crippen molar-refractivity contribution in [2.45, 2.75) is 19.9 Å². The molecule has 0 aliphatic rings. The molecule has 1 aromatic rings. The second-order valence-electron chi connectivity index (χ2n) is 4.57. The number of para-hydroxylation sites is 1. The predicted molar refractivity (Wildman–Crippen MR) is 89.4 cm³/mol.